The number of ether oxygens (including phenoxy) is 2. The van der Waals surface area contributed by atoms with Crippen molar-refractivity contribution in [2.75, 3.05) is 38.8 Å². The summed E-state index contributed by atoms with van der Waals surface area (Å²) in [7, 11) is 3.24. The molecule has 1 saturated heterocycles. The molecule has 142 valence electrons. The van der Waals surface area contributed by atoms with Crippen molar-refractivity contribution in [1.82, 2.24) is 5.32 Å². The first-order chi connectivity index (χ1) is 12.4. The van der Waals surface area contributed by atoms with Crippen LogP contribution < -0.4 is 19.7 Å². The number of halogens is 3. The van der Waals surface area contributed by atoms with E-state index in [0.29, 0.717) is 21.8 Å². The fourth-order valence-corrected chi connectivity index (χ4v) is 3.38. The number of rotatable bonds is 3. The minimum absolute atomic E-state index is 0.524. The van der Waals surface area contributed by atoms with Gasteiger partial charge in [-0.05, 0) is 37.3 Å². The highest BCUT2D eigenvalue weighted by Gasteiger charge is 2.16. The zero-order chi connectivity index (χ0) is 19.1. The Labute approximate surface area is 173 Å². The minimum Gasteiger partial charge on any atom is -0.495 e. The van der Waals surface area contributed by atoms with E-state index in [9.17, 15) is 0 Å². The monoisotopic (exact) mass is 460 g/mol. The summed E-state index contributed by atoms with van der Waals surface area (Å²) in [6, 6.07) is 11.9. The summed E-state index contributed by atoms with van der Waals surface area (Å²) in [4.78, 5) is 2.35. The van der Waals surface area contributed by atoms with Gasteiger partial charge in [0.1, 0.15) is 11.5 Å². The number of piperazine rings is 1. The molecular weight excluding hydrogens is 439 g/mol. The van der Waals surface area contributed by atoms with E-state index in [0.717, 1.165) is 29.9 Å². The number of methoxy groups -OCH3 is 2. The van der Waals surface area contributed by atoms with Crippen molar-refractivity contribution < 1.29 is 9.47 Å². The fourth-order valence-electron chi connectivity index (χ4n) is 2.65. The van der Waals surface area contributed by atoms with E-state index in [1.54, 1.807) is 20.3 Å². The molecule has 0 spiro atoms. The molecule has 1 atom stereocenters. The molecule has 0 aromatic heterocycles. The van der Waals surface area contributed by atoms with Crippen molar-refractivity contribution in [3.05, 3.63) is 50.9 Å². The first-order valence-corrected chi connectivity index (χ1v) is 9.80. The molecule has 0 saturated carbocycles. The van der Waals surface area contributed by atoms with Crippen LogP contribution in [0.5, 0.6) is 11.5 Å². The van der Waals surface area contributed by atoms with Gasteiger partial charge < -0.3 is 19.7 Å². The molecule has 3 rings (SSSR count). The quantitative estimate of drug-likeness (QED) is 0.675. The van der Waals surface area contributed by atoms with E-state index in [-0.39, 0.29) is 0 Å². The minimum atomic E-state index is 0.524. The predicted octanol–water partition coefficient (Wildman–Crippen LogP) is 5.26. The Morgan fingerprint density at radius 3 is 2.23 bits per heavy atom. The zero-order valence-corrected chi connectivity index (χ0v) is 18.2. The standard InChI is InChI=1S/C12H17ClN2O.C7H6BrClO/c1-9-8-15(6-5-14-9)10-3-4-11(13)12(7-10)16-2;1-10-7-4-5(8)2-3-6(7)9/h3-4,7,9,14H,5-6,8H2,1-2H3;2-4H,1H3/t9-;/m0./s1. The number of nitrogens with one attached hydrogen (secondary N) is 1. The Balaban J connectivity index is 0.000000209. The van der Waals surface area contributed by atoms with Gasteiger partial charge in [0.15, 0.2) is 0 Å². The lowest BCUT2D eigenvalue weighted by atomic mass is 10.2. The molecule has 0 bridgehead atoms. The summed E-state index contributed by atoms with van der Waals surface area (Å²) in [6.07, 6.45) is 0. The molecule has 1 aliphatic rings. The second-order valence-electron chi connectivity index (χ2n) is 5.90. The first-order valence-electron chi connectivity index (χ1n) is 8.25. The van der Waals surface area contributed by atoms with Crippen LogP contribution in [0.2, 0.25) is 10.0 Å². The number of anilines is 1. The lowest BCUT2D eigenvalue weighted by Crippen LogP contribution is -2.49. The fraction of sp³-hybridized carbons (Fsp3) is 0.368. The summed E-state index contributed by atoms with van der Waals surface area (Å²) in [5, 5.41) is 4.71. The second-order valence-corrected chi connectivity index (χ2v) is 7.63. The van der Waals surface area contributed by atoms with Gasteiger partial charge in [-0.2, -0.15) is 0 Å². The molecule has 1 N–H and O–H groups in total. The van der Waals surface area contributed by atoms with Crippen LogP contribution in [0.3, 0.4) is 0 Å². The topological polar surface area (TPSA) is 33.7 Å². The van der Waals surface area contributed by atoms with E-state index in [4.69, 9.17) is 32.7 Å². The summed E-state index contributed by atoms with van der Waals surface area (Å²) in [6.45, 7) is 5.26. The van der Waals surface area contributed by atoms with Gasteiger partial charge >= 0.3 is 0 Å². The average molecular weight is 462 g/mol. The van der Waals surface area contributed by atoms with Crippen molar-refractivity contribution in [2.45, 2.75) is 13.0 Å². The molecule has 7 heteroatoms. The van der Waals surface area contributed by atoms with Crippen LogP contribution in [0.4, 0.5) is 5.69 Å². The molecule has 1 heterocycles. The van der Waals surface area contributed by atoms with Crippen LogP contribution >= 0.6 is 39.1 Å². The molecule has 0 aliphatic carbocycles. The molecule has 0 amide bonds. The average Bonchev–Trinajstić information content (AvgIpc) is 2.64. The first kappa shape index (κ1) is 21.2. The smallest absolute Gasteiger partial charge is 0.139 e. The SMILES string of the molecule is COc1cc(Br)ccc1Cl.COc1cc(N2CCN[C@@H](C)C2)ccc1Cl. The summed E-state index contributed by atoms with van der Waals surface area (Å²) in [5.74, 6) is 1.43. The molecule has 2 aromatic rings. The highest BCUT2D eigenvalue weighted by Crippen LogP contribution is 2.30. The van der Waals surface area contributed by atoms with Gasteiger partial charge in [-0.25, -0.2) is 0 Å². The van der Waals surface area contributed by atoms with Gasteiger partial charge in [-0.3, -0.25) is 0 Å². The highest BCUT2D eigenvalue weighted by atomic mass is 79.9. The molecule has 1 aliphatic heterocycles. The van der Waals surface area contributed by atoms with Gasteiger partial charge in [0.05, 0.1) is 24.3 Å². The third-order valence-electron chi connectivity index (χ3n) is 3.98. The summed E-state index contributed by atoms with van der Waals surface area (Å²) >= 11 is 15.1. The van der Waals surface area contributed by atoms with E-state index >= 15 is 0 Å². The molecule has 1 fully saturated rings. The second kappa shape index (κ2) is 10.3. The van der Waals surface area contributed by atoms with Crippen molar-refractivity contribution >= 4 is 44.8 Å². The van der Waals surface area contributed by atoms with E-state index in [1.165, 1.54) is 5.69 Å². The largest absolute Gasteiger partial charge is 0.495 e. The molecule has 0 unspecified atom stereocenters. The molecular formula is C19H23BrCl2N2O2. The molecule has 26 heavy (non-hydrogen) atoms. The van der Waals surface area contributed by atoms with E-state index in [1.807, 2.05) is 30.3 Å². The Hall–Kier alpha value is -1.14. The molecule has 2 aromatic carbocycles. The lowest BCUT2D eigenvalue weighted by Gasteiger charge is -2.33. The van der Waals surface area contributed by atoms with Gasteiger partial charge in [-0.15, -0.1) is 0 Å². The Bertz CT molecular complexity index is 731. The van der Waals surface area contributed by atoms with Crippen LogP contribution in [-0.4, -0.2) is 39.9 Å². The maximum atomic E-state index is 6.01. The predicted molar refractivity (Wildman–Crippen MR) is 113 cm³/mol. The van der Waals surface area contributed by atoms with Gasteiger partial charge in [-0.1, -0.05) is 39.1 Å². The number of benzene rings is 2. The lowest BCUT2D eigenvalue weighted by molar-refractivity contribution is 0.414. The maximum absolute atomic E-state index is 6.01. The Morgan fingerprint density at radius 1 is 1.04 bits per heavy atom. The maximum Gasteiger partial charge on any atom is 0.139 e. The van der Waals surface area contributed by atoms with Crippen LogP contribution in [-0.2, 0) is 0 Å². The number of nitrogens with zero attached hydrogens (tertiary/aromatic N) is 1. The summed E-state index contributed by atoms with van der Waals surface area (Å²) in [5.41, 5.74) is 1.18. The van der Waals surface area contributed by atoms with E-state index in [2.05, 4.69) is 33.1 Å². The number of hydrogen-bond donors (Lipinski definition) is 1. The van der Waals surface area contributed by atoms with Gasteiger partial charge in [0.25, 0.3) is 0 Å². The van der Waals surface area contributed by atoms with Crippen molar-refractivity contribution in [3.8, 4) is 11.5 Å². The third-order valence-corrected chi connectivity index (χ3v) is 5.10. The van der Waals surface area contributed by atoms with Gasteiger partial charge in [0, 0.05) is 41.9 Å². The van der Waals surface area contributed by atoms with Crippen LogP contribution in [0.1, 0.15) is 6.92 Å². The Morgan fingerprint density at radius 2 is 1.65 bits per heavy atom. The van der Waals surface area contributed by atoms with Crippen LogP contribution in [0, 0.1) is 0 Å². The van der Waals surface area contributed by atoms with Crippen molar-refractivity contribution in [1.29, 1.82) is 0 Å². The normalized spacial score (nSPS) is 16.5. The van der Waals surface area contributed by atoms with Gasteiger partial charge in [0.2, 0.25) is 0 Å². The molecule has 4 nitrogen and oxygen atoms in total. The summed E-state index contributed by atoms with van der Waals surface area (Å²) < 4.78 is 11.2. The van der Waals surface area contributed by atoms with E-state index < -0.39 is 0 Å². The number of hydrogen-bond acceptors (Lipinski definition) is 4. The van der Waals surface area contributed by atoms with Crippen LogP contribution in [0.15, 0.2) is 40.9 Å². The highest BCUT2D eigenvalue weighted by molar-refractivity contribution is 9.10. The van der Waals surface area contributed by atoms with Crippen LogP contribution in [0.25, 0.3) is 0 Å². The molecule has 0 radical (unpaired) electrons. The van der Waals surface area contributed by atoms with Crippen molar-refractivity contribution in [3.63, 3.8) is 0 Å². The third kappa shape index (κ3) is 5.95. The van der Waals surface area contributed by atoms with Crippen molar-refractivity contribution in [2.24, 2.45) is 0 Å². The zero-order valence-electron chi connectivity index (χ0n) is 15.1. The Kier molecular flexibility index (Phi) is 8.35.